The Labute approximate surface area is 146 Å². The van der Waals surface area contributed by atoms with Crippen LogP contribution in [-0.2, 0) is 11.2 Å². The lowest BCUT2D eigenvalue weighted by Crippen LogP contribution is -2.13. The molecule has 2 N–H and O–H groups in total. The Bertz CT molecular complexity index is 698. The lowest BCUT2D eigenvalue weighted by molar-refractivity contribution is -0.116. The maximum Gasteiger partial charge on any atom is 0.224 e. The van der Waals surface area contributed by atoms with Crippen LogP contribution >= 0.6 is 11.6 Å². The van der Waals surface area contributed by atoms with Gasteiger partial charge in [0.25, 0.3) is 0 Å². The minimum atomic E-state index is -0.198. The summed E-state index contributed by atoms with van der Waals surface area (Å²) < 4.78 is 0. The first-order valence-corrected chi connectivity index (χ1v) is 8.24. The van der Waals surface area contributed by atoms with Crippen LogP contribution in [0.1, 0.15) is 35.2 Å². The standard InChI is InChI=1S/C19H20ClNO3/c20-16-8-6-15(7-9-16)18(23)10-11-19(24)21-17-5-1-3-14(13-17)4-2-12-22/h1,3,5-9,13,22H,2,4,10-12H2,(H,21,24). The summed E-state index contributed by atoms with van der Waals surface area (Å²) in [6.45, 7) is 0.142. The van der Waals surface area contributed by atoms with Crippen molar-refractivity contribution >= 4 is 29.0 Å². The van der Waals surface area contributed by atoms with E-state index in [1.54, 1.807) is 30.3 Å². The van der Waals surface area contributed by atoms with Crippen molar-refractivity contribution in [3.8, 4) is 0 Å². The summed E-state index contributed by atoms with van der Waals surface area (Å²) in [4.78, 5) is 24.0. The summed E-state index contributed by atoms with van der Waals surface area (Å²) in [5, 5.41) is 12.2. The topological polar surface area (TPSA) is 66.4 Å². The molecule has 0 saturated heterocycles. The van der Waals surface area contributed by atoms with Gasteiger partial charge in [-0.3, -0.25) is 9.59 Å². The zero-order valence-corrected chi connectivity index (χ0v) is 14.1. The Hall–Kier alpha value is -2.17. The molecular weight excluding hydrogens is 326 g/mol. The molecule has 0 aliphatic rings. The number of hydrogen-bond donors (Lipinski definition) is 2. The molecule has 0 spiro atoms. The van der Waals surface area contributed by atoms with Crippen LogP contribution in [0, 0.1) is 0 Å². The van der Waals surface area contributed by atoms with Gasteiger partial charge < -0.3 is 10.4 Å². The third kappa shape index (κ3) is 5.80. The summed E-state index contributed by atoms with van der Waals surface area (Å²) in [6.07, 6.45) is 1.72. The maximum atomic E-state index is 12.0. The van der Waals surface area contributed by atoms with Gasteiger partial charge in [-0.15, -0.1) is 0 Å². The predicted octanol–water partition coefficient (Wildman–Crippen LogP) is 3.87. The third-order valence-corrected chi connectivity index (χ3v) is 3.83. The van der Waals surface area contributed by atoms with E-state index in [0.717, 1.165) is 12.0 Å². The van der Waals surface area contributed by atoms with Crippen LogP contribution in [-0.4, -0.2) is 23.4 Å². The predicted molar refractivity (Wildman–Crippen MR) is 95.5 cm³/mol. The van der Waals surface area contributed by atoms with Crippen molar-refractivity contribution in [1.82, 2.24) is 0 Å². The number of anilines is 1. The molecule has 0 heterocycles. The molecular formula is C19H20ClNO3. The molecule has 2 rings (SSSR count). The summed E-state index contributed by atoms with van der Waals surface area (Å²) in [5.74, 6) is -0.282. The van der Waals surface area contributed by atoms with E-state index in [2.05, 4.69) is 5.32 Å². The average Bonchev–Trinajstić information content (AvgIpc) is 2.59. The van der Waals surface area contributed by atoms with Crippen LogP contribution in [0.15, 0.2) is 48.5 Å². The highest BCUT2D eigenvalue weighted by atomic mass is 35.5. The molecule has 0 bridgehead atoms. The Morgan fingerprint density at radius 3 is 2.50 bits per heavy atom. The maximum absolute atomic E-state index is 12.0. The fraction of sp³-hybridized carbons (Fsp3) is 0.263. The van der Waals surface area contributed by atoms with Crippen LogP contribution < -0.4 is 5.32 Å². The van der Waals surface area contributed by atoms with Gasteiger partial charge in [-0.1, -0.05) is 23.7 Å². The number of aryl methyl sites for hydroxylation is 1. The van der Waals surface area contributed by atoms with Crippen molar-refractivity contribution in [3.63, 3.8) is 0 Å². The smallest absolute Gasteiger partial charge is 0.224 e. The average molecular weight is 346 g/mol. The zero-order chi connectivity index (χ0) is 17.4. The molecule has 0 saturated carbocycles. The van der Waals surface area contributed by atoms with Gasteiger partial charge in [-0.25, -0.2) is 0 Å². The van der Waals surface area contributed by atoms with Gasteiger partial charge in [-0.05, 0) is 54.8 Å². The molecule has 0 radical (unpaired) electrons. The monoisotopic (exact) mass is 345 g/mol. The van der Waals surface area contributed by atoms with E-state index in [-0.39, 0.29) is 31.1 Å². The van der Waals surface area contributed by atoms with Crippen molar-refractivity contribution in [3.05, 3.63) is 64.7 Å². The molecule has 0 aliphatic heterocycles. The quantitative estimate of drug-likeness (QED) is 0.714. The number of hydrogen-bond acceptors (Lipinski definition) is 3. The van der Waals surface area contributed by atoms with Crippen LogP contribution in [0.25, 0.3) is 0 Å². The summed E-state index contributed by atoms with van der Waals surface area (Å²) >= 11 is 5.79. The number of rotatable bonds is 8. The number of ketones is 1. The molecule has 126 valence electrons. The van der Waals surface area contributed by atoms with Gasteiger partial charge in [0.2, 0.25) is 5.91 Å². The van der Waals surface area contributed by atoms with E-state index in [1.807, 2.05) is 18.2 Å². The van der Waals surface area contributed by atoms with Gasteiger partial charge in [0.1, 0.15) is 0 Å². The van der Waals surface area contributed by atoms with Crippen molar-refractivity contribution in [2.75, 3.05) is 11.9 Å². The van der Waals surface area contributed by atoms with E-state index < -0.39 is 0 Å². The van der Waals surface area contributed by atoms with Gasteiger partial charge in [-0.2, -0.15) is 0 Å². The summed E-state index contributed by atoms with van der Waals surface area (Å²) in [5.41, 5.74) is 2.31. The normalized spacial score (nSPS) is 10.4. The van der Waals surface area contributed by atoms with Gasteiger partial charge in [0, 0.05) is 35.7 Å². The van der Waals surface area contributed by atoms with Crippen molar-refractivity contribution < 1.29 is 14.7 Å². The van der Waals surface area contributed by atoms with E-state index >= 15 is 0 Å². The van der Waals surface area contributed by atoms with E-state index in [0.29, 0.717) is 22.7 Å². The molecule has 0 aliphatic carbocycles. The van der Waals surface area contributed by atoms with Gasteiger partial charge in [0.15, 0.2) is 5.78 Å². The number of aliphatic hydroxyl groups excluding tert-OH is 1. The first-order valence-electron chi connectivity index (χ1n) is 7.87. The fourth-order valence-corrected chi connectivity index (χ4v) is 2.44. The van der Waals surface area contributed by atoms with Crippen LogP contribution in [0.3, 0.4) is 0 Å². The molecule has 1 amide bonds. The van der Waals surface area contributed by atoms with Crippen molar-refractivity contribution in [1.29, 1.82) is 0 Å². The largest absolute Gasteiger partial charge is 0.396 e. The molecule has 4 nitrogen and oxygen atoms in total. The second-order valence-electron chi connectivity index (χ2n) is 5.51. The van der Waals surface area contributed by atoms with E-state index in [4.69, 9.17) is 16.7 Å². The van der Waals surface area contributed by atoms with Crippen LogP contribution in [0.2, 0.25) is 5.02 Å². The highest BCUT2D eigenvalue weighted by Gasteiger charge is 2.10. The molecule has 0 aromatic heterocycles. The number of benzene rings is 2. The number of halogens is 1. The zero-order valence-electron chi connectivity index (χ0n) is 13.3. The minimum absolute atomic E-state index is 0.0847. The molecule has 0 fully saturated rings. The molecule has 2 aromatic rings. The van der Waals surface area contributed by atoms with Gasteiger partial charge >= 0.3 is 0 Å². The van der Waals surface area contributed by atoms with Crippen LogP contribution in [0.4, 0.5) is 5.69 Å². The molecule has 5 heteroatoms. The Morgan fingerprint density at radius 1 is 1.04 bits per heavy atom. The number of carbonyl (C=O) groups is 2. The number of amides is 1. The Morgan fingerprint density at radius 2 is 1.79 bits per heavy atom. The SMILES string of the molecule is O=C(CCC(=O)c1ccc(Cl)cc1)Nc1cccc(CCCO)c1. The first kappa shape index (κ1) is 18.2. The summed E-state index contributed by atoms with van der Waals surface area (Å²) in [7, 11) is 0. The van der Waals surface area contributed by atoms with Crippen LogP contribution in [0.5, 0.6) is 0 Å². The molecule has 0 unspecified atom stereocenters. The minimum Gasteiger partial charge on any atom is -0.396 e. The Balaban J connectivity index is 1.84. The second kappa shape index (κ2) is 9.21. The fourth-order valence-electron chi connectivity index (χ4n) is 2.32. The summed E-state index contributed by atoms with van der Waals surface area (Å²) in [6, 6.07) is 14.1. The number of nitrogens with one attached hydrogen (secondary N) is 1. The van der Waals surface area contributed by atoms with E-state index in [1.165, 1.54) is 0 Å². The molecule has 24 heavy (non-hydrogen) atoms. The Kier molecular flexibility index (Phi) is 6.97. The highest BCUT2D eigenvalue weighted by molar-refractivity contribution is 6.30. The number of Topliss-reactive ketones (excluding diaryl/α,β-unsaturated/α-hetero) is 1. The first-order chi connectivity index (χ1) is 11.6. The molecule has 2 aromatic carbocycles. The third-order valence-electron chi connectivity index (χ3n) is 3.58. The highest BCUT2D eigenvalue weighted by Crippen LogP contribution is 2.14. The van der Waals surface area contributed by atoms with E-state index in [9.17, 15) is 9.59 Å². The number of carbonyl (C=O) groups excluding carboxylic acids is 2. The van der Waals surface area contributed by atoms with Crippen molar-refractivity contribution in [2.45, 2.75) is 25.7 Å². The molecule has 0 atom stereocenters. The van der Waals surface area contributed by atoms with Crippen molar-refractivity contribution in [2.24, 2.45) is 0 Å². The lowest BCUT2D eigenvalue weighted by atomic mass is 10.1. The second-order valence-corrected chi connectivity index (χ2v) is 5.94. The lowest BCUT2D eigenvalue weighted by Gasteiger charge is -2.07. The van der Waals surface area contributed by atoms with Gasteiger partial charge in [0.05, 0.1) is 0 Å². The number of aliphatic hydroxyl groups is 1.